The first-order chi connectivity index (χ1) is 9.69. The Balaban J connectivity index is 1.91. The van der Waals surface area contributed by atoms with Gasteiger partial charge in [-0.2, -0.15) is 4.98 Å². The number of rotatable bonds is 9. The van der Waals surface area contributed by atoms with Gasteiger partial charge in [0.25, 0.3) is 0 Å². The van der Waals surface area contributed by atoms with E-state index >= 15 is 0 Å². The Morgan fingerprint density at radius 2 is 2.20 bits per heavy atom. The molecule has 1 aliphatic rings. The van der Waals surface area contributed by atoms with Crippen molar-refractivity contribution in [1.82, 2.24) is 9.97 Å². The zero-order valence-electron chi connectivity index (χ0n) is 12.2. The van der Waals surface area contributed by atoms with Crippen LogP contribution in [0.4, 0.5) is 11.8 Å². The lowest BCUT2D eigenvalue weighted by Gasteiger charge is -2.17. The molecule has 112 valence electrons. The molecule has 1 fully saturated rings. The smallest absolute Gasteiger partial charge is 0.224 e. The van der Waals surface area contributed by atoms with Gasteiger partial charge in [-0.1, -0.05) is 6.92 Å². The monoisotopic (exact) mass is 342 g/mol. The van der Waals surface area contributed by atoms with Crippen LogP contribution in [0, 0.1) is 5.41 Å². The molecule has 0 saturated heterocycles. The lowest BCUT2D eigenvalue weighted by Crippen LogP contribution is -2.18. The third kappa shape index (κ3) is 4.31. The van der Waals surface area contributed by atoms with E-state index in [-0.39, 0.29) is 0 Å². The molecule has 2 rings (SSSR count). The summed E-state index contributed by atoms with van der Waals surface area (Å²) in [5.74, 6) is 1.54. The highest BCUT2D eigenvalue weighted by Gasteiger charge is 2.41. The summed E-state index contributed by atoms with van der Waals surface area (Å²) < 4.78 is 6.09. The van der Waals surface area contributed by atoms with E-state index in [1.54, 1.807) is 13.3 Å². The second kappa shape index (κ2) is 7.22. The van der Waals surface area contributed by atoms with Crippen molar-refractivity contribution >= 4 is 27.7 Å². The van der Waals surface area contributed by atoms with Gasteiger partial charge >= 0.3 is 0 Å². The van der Waals surface area contributed by atoms with Gasteiger partial charge in [-0.25, -0.2) is 4.98 Å². The van der Waals surface area contributed by atoms with Gasteiger partial charge in [0.1, 0.15) is 5.82 Å². The minimum Gasteiger partial charge on any atom is -0.385 e. The zero-order chi connectivity index (χ0) is 14.4. The van der Waals surface area contributed by atoms with Gasteiger partial charge in [-0.05, 0) is 47.0 Å². The van der Waals surface area contributed by atoms with E-state index in [9.17, 15) is 0 Å². The maximum atomic E-state index is 5.18. The second-order valence-corrected chi connectivity index (χ2v) is 6.27. The van der Waals surface area contributed by atoms with Crippen LogP contribution in [0.2, 0.25) is 0 Å². The van der Waals surface area contributed by atoms with E-state index in [0.29, 0.717) is 11.4 Å². The Labute approximate surface area is 129 Å². The first kappa shape index (κ1) is 15.5. The van der Waals surface area contributed by atoms with Gasteiger partial charge in [0, 0.05) is 33.0 Å². The fraction of sp³-hybridized carbons (Fsp3) is 0.714. The SMILES string of the molecule is CCCNc1ncc(Br)c(NCC2(CCOC)CC2)n1. The van der Waals surface area contributed by atoms with Crippen molar-refractivity contribution in [1.29, 1.82) is 0 Å². The molecule has 1 heterocycles. The number of halogens is 1. The number of hydrogen-bond donors (Lipinski definition) is 2. The van der Waals surface area contributed by atoms with Crippen molar-refractivity contribution in [2.75, 3.05) is 37.4 Å². The quantitative estimate of drug-likeness (QED) is 0.721. The lowest BCUT2D eigenvalue weighted by atomic mass is 10.0. The van der Waals surface area contributed by atoms with Gasteiger partial charge in [-0.15, -0.1) is 0 Å². The highest BCUT2D eigenvalue weighted by molar-refractivity contribution is 9.10. The van der Waals surface area contributed by atoms with Crippen molar-refractivity contribution in [2.24, 2.45) is 5.41 Å². The van der Waals surface area contributed by atoms with E-state index in [4.69, 9.17) is 4.74 Å². The highest BCUT2D eigenvalue weighted by atomic mass is 79.9. The summed E-state index contributed by atoms with van der Waals surface area (Å²) in [7, 11) is 1.76. The van der Waals surface area contributed by atoms with Crippen LogP contribution in [0.15, 0.2) is 10.7 Å². The molecule has 1 saturated carbocycles. The Hall–Kier alpha value is -0.880. The number of anilines is 2. The largest absolute Gasteiger partial charge is 0.385 e. The molecule has 0 bridgehead atoms. The molecule has 6 heteroatoms. The Morgan fingerprint density at radius 1 is 1.40 bits per heavy atom. The second-order valence-electron chi connectivity index (χ2n) is 5.41. The molecular weight excluding hydrogens is 320 g/mol. The van der Waals surface area contributed by atoms with Crippen LogP contribution >= 0.6 is 15.9 Å². The molecule has 1 aliphatic carbocycles. The number of nitrogens with zero attached hydrogens (tertiary/aromatic N) is 2. The molecule has 1 aromatic heterocycles. The molecule has 20 heavy (non-hydrogen) atoms. The van der Waals surface area contributed by atoms with E-state index in [1.807, 2.05) is 0 Å². The van der Waals surface area contributed by atoms with Crippen molar-refractivity contribution < 1.29 is 4.74 Å². The number of aromatic nitrogens is 2. The Kier molecular flexibility index (Phi) is 5.60. The third-order valence-corrected chi connectivity index (χ3v) is 4.28. The van der Waals surface area contributed by atoms with Crippen molar-refractivity contribution in [3.63, 3.8) is 0 Å². The summed E-state index contributed by atoms with van der Waals surface area (Å²) in [6.45, 7) is 4.78. The number of methoxy groups -OCH3 is 1. The standard InChI is InChI=1S/C14H23BrN4O/c1-3-7-16-13-17-9-11(15)12(19-13)18-10-14(4-5-14)6-8-20-2/h9H,3-8,10H2,1-2H3,(H2,16,17,18,19). The van der Waals surface area contributed by atoms with Gasteiger partial charge in [0.05, 0.1) is 4.47 Å². The molecular formula is C14H23BrN4O. The molecule has 0 aliphatic heterocycles. The molecule has 0 unspecified atom stereocenters. The molecule has 0 amide bonds. The number of ether oxygens (including phenoxy) is 1. The van der Waals surface area contributed by atoms with Gasteiger partial charge in [-0.3, -0.25) is 0 Å². The van der Waals surface area contributed by atoms with Crippen molar-refractivity contribution in [3.05, 3.63) is 10.7 Å². The summed E-state index contributed by atoms with van der Waals surface area (Å²) >= 11 is 3.50. The minimum atomic E-state index is 0.400. The predicted octanol–water partition coefficient (Wildman–Crippen LogP) is 3.29. The van der Waals surface area contributed by atoms with Crippen LogP contribution < -0.4 is 10.6 Å². The van der Waals surface area contributed by atoms with Crippen LogP contribution in [0.1, 0.15) is 32.6 Å². The maximum absolute atomic E-state index is 5.18. The fourth-order valence-electron chi connectivity index (χ4n) is 2.09. The molecule has 2 N–H and O–H groups in total. The first-order valence-electron chi connectivity index (χ1n) is 7.18. The van der Waals surface area contributed by atoms with Crippen molar-refractivity contribution in [2.45, 2.75) is 32.6 Å². The fourth-order valence-corrected chi connectivity index (χ4v) is 2.43. The Bertz CT molecular complexity index is 437. The summed E-state index contributed by atoms with van der Waals surface area (Å²) in [5, 5.41) is 6.65. The summed E-state index contributed by atoms with van der Waals surface area (Å²) in [6, 6.07) is 0. The summed E-state index contributed by atoms with van der Waals surface area (Å²) in [6.07, 6.45) is 6.50. The average molecular weight is 343 g/mol. The lowest BCUT2D eigenvalue weighted by molar-refractivity contribution is 0.175. The molecule has 0 radical (unpaired) electrons. The van der Waals surface area contributed by atoms with E-state index in [0.717, 1.165) is 42.8 Å². The van der Waals surface area contributed by atoms with Crippen LogP contribution in [-0.4, -0.2) is 36.8 Å². The summed E-state index contributed by atoms with van der Waals surface area (Å²) in [5.41, 5.74) is 0.400. The number of hydrogen-bond acceptors (Lipinski definition) is 5. The van der Waals surface area contributed by atoms with Gasteiger partial charge < -0.3 is 15.4 Å². The average Bonchev–Trinajstić information content (AvgIpc) is 3.23. The van der Waals surface area contributed by atoms with Gasteiger partial charge in [0.15, 0.2) is 0 Å². The van der Waals surface area contributed by atoms with Crippen LogP contribution in [-0.2, 0) is 4.74 Å². The van der Waals surface area contributed by atoms with E-state index < -0.39 is 0 Å². The highest BCUT2D eigenvalue weighted by Crippen LogP contribution is 2.48. The Morgan fingerprint density at radius 3 is 2.85 bits per heavy atom. The molecule has 5 nitrogen and oxygen atoms in total. The van der Waals surface area contributed by atoms with E-state index in [1.165, 1.54) is 12.8 Å². The van der Waals surface area contributed by atoms with Crippen molar-refractivity contribution in [3.8, 4) is 0 Å². The third-order valence-electron chi connectivity index (χ3n) is 3.70. The van der Waals surface area contributed by atoms with E-state index in [2.05, 4.69) is 43.5 Å². The van der Waals surface area contributed by atoms with Crippen LogP contribution in [0.3, 0.4) is 0 Å². The zero-order valence-corrected chi connectivity index (χ0v) is 13.8. The topological polar surface area (TPSA) is 59.1 Å². The maximum Gasteiger partial charge on any atom is 0.224 e. The van der Waals surface area contributed by atoms with Gasteiger partial charge in [0.2, 0.25) is 5.95 Å². The van der Waals surface area contributed by atoms with Crippen LogP contribution in [0.25, 0.3) is 0 Å². The normalized spacial score (nSPS) is 15.9. The molecule has 0 aromatic carbocycles. The minimum absolute atomic E-state index is 0.400. The summed E-state index contributed by atoms with van der Waals surface area (Å²) in [4.78, 5) is 8.77. The van der Waals surface area contributed by atoms with Crippen LogP contribution in [0.5, 0.6) is 0 Å². The molecule has 1 aromatic rings. The number of nitrogens with one attached hydrogen (secondary N) is 2. The molecule has 0 spiro atoms. The predicted molar refractivity (Wildman–Crippen MR) is 85.2 cm³/mol. The first-order valence-corrected chi connectivity index (χ1v) is 7.98. The molecule has 0 atom stereocenters.